The third kappa shape index (κ3) is 3.32. The number of imidazole rings is 1. The lowest BCUT2D eigenvalue weighted by Gasteiger charge is -2.37. The Kier molecular flexibility index (Phi) is 4.66. The van der Waals surface area contributed by atoms with E-state index < -0.39 is 5.41 Å². The molecule has 2 aliphatic rings. The lowest BCUT2D eigenvalue weighted by atomic mass is 9.76. The number of ether oxygens (including phenoxy) is 1. The molecule has 0 bridgehead atoms. The summed E-state index contributed by atoms with van der Waals surface area (Å²) in [6, 6.07) is 12.2. The van der Waals surface area contributed by atoms with Crippen LogP contribution in [0.15, 0.2) is 36.7 Å². The number of pyridine rings is 1. The van der Waals surface area contributed by atoms with E-state index in [0.717, 1.165) is 60.5 Å². The average molecular weight is 415 g/mol. The first-order valence-corrected chi connectivity index (χ1v) is 10.7. The van der Waals surface area contributed by atoms with E-state index in [9.17, 15) is 10.1 Å². The highest BCUT2D eigenvalue weighted by molar-refractivity contribution is 5.80. The zero-order valence-corrected chi connectivity index (χ0v) is 17.8. The number of carbonyl (C=O) groups excluding carboxylic acids is 1. The van der Waals surface area contributed by atoms with Gasteiger partial charge in [0.25, 0.3) is 0 Å². The lowest BCUT2D eigenvalue weighted by Crippen LogP contribution is -2.43. The molecule has 3 aromatic rings. The second-order valence-corrected chi connectivity index (χ2v) is 8.75. The first-order chi connectivity index (χ1) is 15.0. The van der Waals surface area contributed by atoms with E-state index >= 15 is 0 Å². The molecular weight excluding hydrogens is 390 g/mol. The molecule has 0 aliphatic carbocycles. The number of piperidine rings is 1. The summed E-state index contributed by atoms with van der Waals surface area (Å²) >= 11 is 0. The Morgan fingerprint density at radius 3 is 2.77 bits per heavy atom. The summed E-state index contributed by atoms with van der Waals surface area (Å²) in [5, 5.41) is 9.28. The van der Waals surface area contributed by atoms with Crippen molar-refractivity contribution in [2.75, 3.05) is 18.0 Å². The molecule has 1 spiro atoms. The van der Waals surface area contributed by atoms with Crippen LogP contribution in [0.1, 0.15) is 36.1 Å². The number of hydrogen-bond acceptors (Lipinski definition) is 6. The summed E-state index contributed by atoms with van der Waals surface area (Å²) in [6.07, 6.45) is 3.95. The van der Waals surface area contributed by atoms with Crippen molar-refractivity contribution in [3.05, 3.63) is 53.5 Å². The summed E-state index contributed by atoms with van der Waals surface area (Å²) in [6.45, 7) is 5.97. The Hall–Kier alpha value is -3.40. The molecule has 2 aromatic heterocycles. The minimum Gasteiger partial charge on any atom is -0.460 e. The molecule has 0 N–H and O–H groups in total. The second kappa shape index (κ2) is 7.38. The molecule has 7 heteroatoms. The summed E-state index contributed by atoms with van der Waals surface area (Å²) in [5.41, 5.74) is 3.95. The first kappa shape index (κ1) is 19.6. The fourth-order valence-corrected chi connectivity index (χ4v) is 5.03. The van der Waals surface area contributed by atoms with Crippen LogP contribution in [0.25, 0.3) is 11.0 Å². The van der Waals surface area contributed by atoms with Crippen molar-refractivity contribution in [2.45, 2.75) is 45.8 Å². The van der Waals surface area contributed by atoms with Crippen LogP contribution in [0.5, 0.6) is 0 Å². The van der Waals surface area contributed by atoms with E-state index in [0.29, 0.717) is 12.1 Å². The molecule has 158 valence electrons. The highest BCUT2D eigenvalue weighted by Crippen LogP contribution is 2.44. The number of benzene rings is 1. The molecule has 0 saturated carbocycles. The van der Waals surface area contributed by atoms with Gasteiger partial charge in [0.15, 0.2) is 0 Å². The van der Waals surface area contributed by atoms with Gasteiger partial charge in [-0.1, -0.05) is 12.1 Å². The van der Waals surface area contributed by atoms with Crippen molar-refractivity contribution in [1.82, 2.24) is 14.5 Å². The van der Waals surface area contributed by atoms with E-state index in [4.69, 9.17) is 4.74 Å². The van der Waals surface area contributed by atoms with Crippen molar-refractivity contribution in [3.8, 4) is 6.07 Å². The molecule has 2 fully saturated rings. The maximum atomic E-state index is 12.9. The number of nitriles is 1. The molecule has 7 nitrogen and oxygen atoms in total. The zero-order chi connectivity index (χ0) is 21.6. The number of carbonyl (C=O) groups is 1. The Morgan fingerprint density at radius 2 is 2.03 bits per heavy atom. The predicted octanol–water partition coefficient (Wildman–Crippen LogP) is 3.52. The number of para-hydroxylation sites is 2. The van der Waals surface area contributed by atoms with Crippen molar-refractivity contribution >= 4 is 22.8 Å². The predicted molar refractivity (Wildman–Crippen MR) is 117 cm³/mol. The molecule has 1 aromatic carbocycles. The molecule has 2 aliphatic heterocycles. The first-order valence-electron chi connectivity index (χ1n) is 10.7. The van der Waals surface area contributed by atoms with Crippen molar-refractivity contribution in [3.63, 3.8) is 0 Å². The maximum absolute atomic E-state index is 12.9. The van der Waals surface area contributed by atoms with Crippen LogP contribution >= 0.6 is 0 Å². The van der Waals surface area contributed by atoms with Gasteiger partial charge in [-0.3, -0.25) is 4.79 Å². The minimum atomic E-state index is -0.408. The number of hydrogen-bond donors (Lipinski definition) is 0. The van der Waals surface area contributed by atoms with Crippen molar-refractivity contribution in [1.29, 1.82) is 5.26 Å². The number of nitrogens with zero attached hydrogens (tertiary/aromatic N) is 5. The van der Waals surface area contributed by atoms with Crippen LogP contribution in [0.3, 0.4) is 0 Å². The number of anilines is 1. The van der Waals surface area contributed by atoms with Crippen molar-refractivity contribution < 1.29 is 9.53 Å². The van der Waals surface area contributed by atoms with E-state index in [2.05, 4.69) is 25.5 Å². The van der Waals surface area contributed by atoms with Gasteiger partial charge in [-0.2, -0.15) is 5.26 Å². The molecule has 0 amide bonds. The van der Waals surface area contributed by atoms with E-state index in [1.807, 2.05) is 50.5 Å². The van der Waals surface area contributed by atoms with E-state index in [-0.39, 0.29) is 12.1 Å². The molecule has 31 heavy (non-hydrogen) atoms. The topological polar surface area (TPSA) is 84.0 Å². The number of fused-ring (bicyclic) bond motifs is 1. The quantitative estimate of drug-likeness (QED) is 0.609. The zero-order valence-electron chi connectivity index (χ0n) is 17.8. The number of aryl methyl sites for hydroxylation is 2. The molecule has 0 radical (unpaired) electrons. The largest absolute Gasteiger partial charge is 0.460 e. The Morgan fingerprint density at radius 1 is 1.26 bits per heavy atom. The molecule has 2 saturated heterocycles. The number of aromatic nitrogens is 3. The summed E-state index contributed by atoms with van der Waals surface area (Å²) in [5.74, 6) is 0.818. The summed E-state index contributed by atoms with van der Waals surface area (Å²) in [4.78, 5) is 24.2. The maximum Gasteiger partial charge on any atom is 0.312 e. The van der Waals surface area contributed by atoms with Gasteiger partial charge in [0, 0.05) is 19.5 Å². The summed E-state index contributed by atoms with van der Waals surface area (Å²) in [7, 11) is 0. The number of rotatable bonds is 3. The van der Waals surface area contributed by atoms with Gasteiger partial charge < -0.3 is 14.2 Å². The second-order valence-electron chi connectivity index (χ2n) is 8.75. The van der Waals surface area contributed by atoms with Crippen LogP contribution in [0.4, 0.5) is 5.82 Å². The standard InChI is InChI=1S/C24H25N5O2/c1-16-11-22(27-17(2)19(16)13-25)28-9-7-24(8-10-28)12-18(31-23(24)30)14-29-15-26-20-5-3-4-6-21(20)29/h3-6,11,15,18H,7-10,12,14H2,1-2H3. The Bertz CT molecular complexity index is 1180. The van der Waals surface area contributed by atoms with Crippen molar-refractivity contribution in [2.24, 2.45) is 5.41 Å². The Labute approximate surface area is 181 Å². The van der Waals surface area contributed by atoms with Crippen LogP contribution < -0.4 is 4.90 Å². The van der Waals surface area contributed by atoms with Crippen LogP contribution in [-0.2, 0) is 16.1 Å². The van der Waals surface area contributed by atoms with Gasteiger partial charge in [0.2, 0.25) is 0 Å². The highest BCUT2D eigenvalue weighted by atomic mass is 16.6. The normalized spacial score (nSPS) is 20.2. The summed E-state index contributed by atoms with van der Waals surface area (Å²) < 4.78 is 7.91. The van der Waals surface area contributed by atoms with Gasteiger partial charge in [0.1, 0.15) is 18.0 Å². The molecule has 1 atom stereocenters. The third-order valence-corrected chi connectivity index (χ3v) is 6.79. The average Bonchev–Trinajstić information content (AvgIpc) is 3.29. The van der Waals surface area contributed by atoms with E-state index in [1.54, 1.807) is 0 Å². The van der Waals surface area contributed by atoms with Gasteiger partial charge in [-0.05, 0) is 50.5 Å². The minimum absolute atomic E-state index is 0.0679. The van der Waals surface area contributed by atoms with Gasteiger partial charge in [-0.25, -0.2) is 9.97 Å². The smallest absolute Gasteiger partial charge is 0.312 e. The van der Waals surface area contributed by atoms with Crippen LogP contribution in [-0.4, -0.2) is 39.7 Å². The number of esters is 1. The lowest BCUT2D eigenvalue weighted by molar-refractivity contribution is -0.150. The molecule has 5 rings (SSSR count). The van der Waals surface area contributed by atoms with E-state index in [1.165, 1.54) is 0 Å². The fraction of sp³-hybridized carbons (Fsp3) is 0.417. The molecular formula is C24H25N5O2. The fourth-order valence-electron chi connectivity index (χ4n) is 5.03. The Balaban J connectivity index is 1.28. The van der Waals surface area contributed by atoms with Crippen LogP contribution in [0.2, 0.25) is 0 Å². The third-order valence-electron chi connectivity index (χ3n) is 6.79. The van der Waals surface area contributed by atoms with Gasteiger partial charge in [-0.15, -0.1) is 0 Å². The monoisotopic (exact) mass is 415 g/mol. The highest BCUT2D eigenvalue weighted by Gasteiger charge is 2.50. The van der Waals surface area contributed by atoms with Crippen LogP contribution in [0, 0.1) is 30.6 Å². The molecule has 4 heterocycles. The molecule has 1 unspecified atom stereocenters. The van der Waals surface area contributed by atoms with Gasteiger partial charge in [0.05, 0.1) is 40.6 Å². The van der Waals surface area contributed by atoms with Gasteiger partial charge >= 0.3 is 5.97 Å². The number of cyclic esters (lactones) is 1. The SMILES string of the molecule is Cc1cc(N2CCC3(CC2)CC(Cn2cnc4ccccc42)OC3=O)nc(C)c1C#N.